The van der Waals surface area contributed by atoms with Crippen LogP contribution in [0.2, 0.25) is 0 Å². The molecule has 0 aliphatic carbocycles. The van der Waals surface area contributed by atoms with E-state index in [4.69, 9.17) is 5.84 Å². The lowest BCUT2D eigenvalue weighted by Crippen LogP contribution is -2.29. The molecule has 0 radical (unpaired) electrons. The summed E-state index contributed by atoms with van der Waals surface area (Å²) < 4.78 is 0. The molecule has 60 valence electrons. The molecule has 0 bridgehead atoms. The maximum Gasteiger partial charge on any atom is 0.294 e. The van der Waals surface area contributed by atoms with Crippen LogP contribution in [0, 0.1) is 0 Å². The third kappa shape index (κ3) is 1.75. The number of aromatic nitrogens is 1. The minimum atomic E-state index is -0.324. The number of hydrogen-bond donors (Lipinski definition) is 2. The van der Waals surface area contributed by atoms with Crippen LogP contribution in [0.5, 0.6) is 0 Å². The van der Waals surface area contributed by atoms with Crippen molar-refractivity contribution in [1.29, 1.82) is 0 Å². The number of rotatable bonds is 2. The third-order valence-electron chi connectivity index (χ3n) is 1.24. The van der Waals surface area contributed by atoms with Crippen LogP contribution in [-0.4, -0.2) is 10.9 Å². The number of nitrogen functional groups attached to an aromatic ring is 1. The Kier molecular flexibility index (Phi) is 2.56. The van der Waals surface area contributed by atoms with Gasteiger partial charge in [0.25, 0.3) is 5.91 Å². The van der Waals surface area contributed by atoms with Crippen LogP contribution in [0.15, 0.2) is 5.38 Å². The second-order valence-electron chi connectivity index (χ2n) is 1.97. The molecule has 0 saturated heterocycles. The van der Waals surface area contributed by atoms with Gasteiger partial charge in [-0.25, -0.2) is 10.8 Å². The first-order valence-corrected chi connectivity index (χ1v) is 4.11. The van der Waals surface area contributed by atoms with Crippen LogP contribution in [0.1, 0.15) is 22.4 Å². The van der Waals surface area contributed by atoms with E-state index in [9.17, 15) is 4.79 Å². The molecule has 0 aromatic carbocycles. The maximum absolute atomic E-state index is 10.9. The summed E-state index contributed by atoms with van der Waals surface area (Å²) in [6.45, 7) is 1.99. The lowest BCUT2D eigenvalue weighted by Gasteiger charge is -1.90. The number of nitrogens with two attached hydrogens (primary N) is 1. The Balaban J connectivity index is 2.80. The molecule has 0 saturated carbocycles. The van der Waals surface area contributed by atoms with E-state index in [1.807, 2.05) is 17.7 Å². The number of carbonyl (C=O) groups excluding carboxylic acids is 1. The van der Waals surface area contributed by atoms with Gasteiger partial charge < -0.3 is 0 Å². The molecule has 4 nitrogen and oxygen atoms in total. The molecule has 0 aliphatic heterocycles. The Bertz CT molecular complexity index is 258. The molecule has 0 atom stereocenters. The van der Waals surface area contributed by atoms with Crippen LogP contribution in [0.3, 0.4) is 0 Å². The Labute approximate surface area is 68.4 Å². The zero-order valence-electron chi connectivity index (χ0n) is 6.13. The van der Waals surface area contributed by atoms with E-state index >= 15 is 0 Å². The number of hydrazine groups is 1. The van der Waals surface area contributed by atoms with Crippen molar-refractivity contribution in [3.8, 4) is 0 Å². The van der Waals surface area contributed by atoms with E-state index in [0.717, 1.165) is 12.1 Å². The van der Waals surface area contributed by atoms with Gasteiger partial charge in [0.2, 0.25) is 0 Å². The molecule has 1 aromatic rings. The fraction of sp³-hybridized carbons (Fsp3) is 0.333. The predicted molar refractivity (Wildman–Crippen MR) is 43.1 cm³/mol. The van der Waals surface area contributed by atoms with E-state index in [0.29, 0.717) is 5.01 Å². The van der Waals surface area contributed by atoms with Gasteiger partial charge >= 0.3 is 0 Å². The molecule has 1 amide bonds. The number of carbonyl (C=O) groups is 1. The molecule has 11 heavy (non-hydrogen) atoms. The smallest absolute Gasteiger partial charge is 0.288 e. The molecule has 1 aromatic heterocycles. The highest BCUT2D eigenvalue weighted by Crippen LogP contribution is 2.09. The highest BCUT2D eigenvalue weighted by molar-refractivity contribution is 7.11. The van der Waals surface area contributed by atoms with Gasteiger partial charge in [-0.3, -0.25) is 10.2 Å². The standard InChI is InChI=1S/C6H9N3OS/c1-2-4-3-11-6(8-4)5(10)9-7/h3H,2,7H2,1H3,(H,9,10). The number of thiazole rings is 1. The summed E-state index contributed by atoms with van der Waals surface area (Å²) in [5.74, 6) is 4.60. The second-order valence-corrected chi connectivity index (χ2v) is 2.83. The van der Waals surface area contributed by atoms with Gasteiger partial charge in [-0.2, -0.15) is 0 Å². The molecule has 0 fully saturated rings. The van der Waals surface area contributed by atoms with Gasteiger partial charge in [-0.15, -0.1) is 11.3 Å². The number of nitrogens with zero attached hydrogens (tertiary/aromatic N) is 1. The summed E-state index contributed by atoms with van der Waals surface area (Å²) in [4.78, 5) is 14.9. The van der Waals surface area contributed by atoms with Crippen molar-refractivity contribution in [1.82, 2.24) is 10.4 Å². The van der Waals surface area contributed by atoms with Gasteiger partial charge in [0.15, 0.2) is 5.01 Å². The summed E-state index contributed by atoms with van der Waals surface area (Å²) >= 11 is 1.30. The topological polar surface area (TPSA) is 68.0 Å². The Morgan fingerprint density at radius 1 is 1.91 bits per heavy atom. The molecule has 0 spiro atoms. The van der Waals surface area contributed by atoms with Crippen LogP contribution < -0.4 is 11.3 Å². The maximum atomic E-state index is 10.9. The number of nitrogens with one attached hydrogen (secondary N) is 1. The highest BCUT2D eigenvalue weighted by atomic mass is 32.1. The van der Waals surface area contributed by atoms with E-state index in [2.05, 4.69) is 4.98 Å². The molecule has 1 rings (SSSR count). The average Bonchev–Trinajstić information content (AvgIpc) is 2.50. The number of amides is 1. The monoisotopic (exact) mass is 171 g/mol. The fourth-order valence-corrected chi connectivity index (χ4v) is 1.44. The van der Waals surface area contributed by atoms with Crippen molar-refractivity contribution >= 4 is 17.2 Å². The van der Waals surface area contributed by atoms with Crippen LogP contribution in [0.25, 0.3) is 0 Å². The van der Waals surface area contributed by atoms with Crippen LogP contribution in [0.4, 0.5) is 0 Å². The zero-order chi connectivity index (χ0) is 8.27. The summed E-state index contributed by atoms with van der Waals surface area (Å²) in [7, 11) is 0. The molecule has 0 unspecified atom stereocenters. The predicted octanol–water partition coefficient (Wildman–Crippen LogP) is 0.309. The largest absolute Gasteiger partial charge is 0.294 e. The molecular formula is C6H9N3OS. The second kappa shape index (κ2) is 3.45. The molecule has 1 heterocycles. The minimum Gasteiger partial charge on any atom is -0.288 e. The average molecular weight is 171 g/mol. The number of aryl methyl sites for hydroxylation is 1. The first-order chi connectivity index (χ1) is 5.27. The van der Waals surface area contributed by atoms with Crippen molar-refractivity contribution in [3.63, 3.8) is 0 Å². The van der Waals surface area contributed by atoms with Gasteiger partial charge in [0, 0.05) is 5.38 Å². The van der Waals surface area contributed by atoms with Gasteiger partial charge in [0.1, 0.15) is 0 Å². The lowest BCUT2D eigenvalue weighted by molar-refractivity contribution is 0.0953. The number of hydrogen-bond acceptors (Lipinski definition) is 4. The molecular weight excluding hydrogens is 162 g/mol. The van der Waals surface area contributed by atoms with Crippen LogP contribution in [-0.2, 0) is 6.42 Å². The van der Waals surface area contributed by atoms with E-state index in [1.165, 1.54) is 11.3 Å². The summed E-state index contributed by atoms with van der Waals surface area (Å²) in [5.41, 5.74) is 2.95. The summed E-state index contributed by atoms with van der Waals surface area (Å²) in [5, 5.41) is 2.27. The molecule has 3 N–H and O–H groups in total. The van der Waals surface area contributed by atoms with Crippen LogP contribution >= 0.6 is 11.3 Å². The zero-order valence-corrected chi connectivity index (χ0v) is 6.94. The van der Waals surface area contributed by atoms with Gasteiger partial charge in [0.05, 0.1) is 5.69 Å². The normalized spacial score (nSPS) is 9.64. The Hall–Kier alpha value is -0.940. The van der Waals surface area contributed by atoms with E-state index in [1.54, 1.807) is 0 Å². The van der Waals surface area contributed by atoms with Crippen molar-refractivity contribution in [2.75, 3.05) is 0 Å². The molecule has 0 aliphatic rings. The van der Waals surface area contributed by atoms with Gasteiger partial charge in [-0.1, -0.05) is 6.92 Å². The van der Waals surface area contributed by atoms with Crippen molar-refractivity contribution in [3.05, 3.63) is 16.1 Å². The quantitative estimate of drug-likeness (QED) is 0.382. The van der Waals surface area contributed by atoms with E-state index in [-0.39, 0.29) is 5.91 Å². The Morgan fingerprint density at radius 2 is 2.64 bits per heavy atom. The van der Waals surface area contributed by atoms with Crippen molar-refractivity contribution in [2.24, 2.45) is 5.84 Å². The first-order valence-electron chi connectivity index (χ1n) is 3.23. The van der Waals surface area contributed by atoms with E-state index < -0.39 is 0 Å². The highest BCUT2D eigenvalue weighted by Gasteiger charge is 2.07. The molecule has 5 heteroatoms. The first kappa shape index (κ1) is 8.16. The van der Waals surface area contributed by atoms with Gasteiger partial charge in [-0.05, 0) is 6.42 Å². The SMILES string of the molecule is CCc1csc(C(=O)NN)n1. The summed E-state index contributed by atoms with van der Waals surface area (Å²) in [6, 6.07) is 0. The lowest BCUT2D eigenvalue weighted by atomic mass is 10.4. The Morgan fingerprint density at radius 3 is 3.09 bits per heavy atom. The minimum absolute atomic E-state index is 0.324. The summed E-state index contributed by atoms with van der Waals surface area (Å²) in [6.07, 6.45) is 0.842. The fourth-order valence-electron chi connectivity index (χ4n) is 0.635. The van der Waals surface area contributed by atoms with Crippen molar-refractivity contribution in [2.45, 2.75) is 13.3 Å². The van der Waals surface area contributed by atoms with Crippen molar-refractivity contribution < 1.29 is 4.79 Å². The third-order valence-corrected chi connectivity index (χ3v) is 2.13.